The summed E-state index contributed by atoms with van der Waals surface area (Å²) in [4.78, 5) is 13.5. The number of aromatic nitrogens is 3. The summed E-state index contributed by atoms with van der Waals surface area (Å²) in [6.07, 6.45) is 1.98. The van der Waals surface area contributed by atoms with Crippen LogP contribution in [0, 0.1) is 21.4 Å². The predicted octanol–water partition coefficient (Wildman–Crippen LogP) is 0.451. The molecule has 0 amide bonds. The van der Waals surface area contributed by atoms with Gasteiger partial charge in [-0.15, -0.1) is 5.10 Å². The fourth-order valence-corrected chi connectivity index (χ4v) is 2.46. The highest BCUT2D eigenvalue weighted by molar-refractivity contribution is 7.90. The van der Waals surface area contributed by atoms with E-state index in [1.54, 1.807) is 6.07 Å². The molecule has 102 valence electrons. The van der Waals surface area contributed by atoms with Gasteiger partial charge in [-0.25, -0.2) is 18.1 Å². The molecule has 10 heteroatoms. The molecule has 0 radical (unpaired) electrons. The minimum atomic E-state index is -3.78. The molecule has 2 rings (SSSR count). The average Bonchev–Trinajstić information content (AvgIpc) is 2.85. The monoisotopic (exact) mass is 293 g/mol. The Morgan fingerprint density at radius 2 is 2.15 bits per heavy atom. The van der Waals surface area contributed by atoms with Crippen molar-refractivity contribution in [1.82, 2.24) is 14.8 Å². The Hall–Kier alpha value is -2.80. The van der Waals surface area contributed by atoms with Crippen LogP contribution in [-0.4, -0.2) is 34.4 Å². The molecule has 0 bridgehead atoms. The van der Waals surface area contributed by atoms with Gasteiger partial charge in [0.05, 0.1) is 4.92 Å². The first kappa shape index (κ1) is 13.6. The molecular formula is C10H7N5O4S. The number of sulfone groups is 1. The third-order valence-corrected chi connectivity index (χ3v) is 3.53. The van der Waals surface area contributed by atoms with E-state index < -0.39 is 25.3 Å². The third-order valence-electron chi connectivity index (χ3n) is 2.40. The Bertz CT molecular complexity index is 834. The van der Waals surface area contributed by atoms with Gasteiger partial charge in [0.25, 0.3) is 5.82 Å². The zero-order valence-corrected chi connectivity index (χ0v) is 10.9. The molecular weight excluding hydrogens is 286 g/mol. The third kappa shape index (κ3) is 2.34. The molecule has 0 saturated carbocycles. The normalized spacial score (nSPS) is 11.0. The molecule has 9 nitrogen and oxygen atoms in total. The van der Waals surface area contributed by atoms with Crippen molar-refractivity contribution in [2.24, 2.45) is 0 Å². The number of hydrogen-bond donors (Lipinski definition) is 0. The number of rotatable bonds is 3. The maximum absolute atomic E-state index is 11.6. The summed E-state index contributed by atoms with van der Waals surface area (Å²) >= 11 is 0. The van der Waals surface area contributed by atoms with Gasteiger partial charge in [0.2, 0.25) is 0 Å². The average molecular weight is 293 g/mol. The highest BCUT2D eigenvalue weighted by atomic mass is 32.2. The van der Waals surface area contributed by atoms with Gasteiger partial charge in [-0.2, -0.15) is 5.26 Å². The molecule has 0 N–H and O–H groups in total. The van der Waals surface area contributed by atoms with Crippen LogP contribution in [0.5, 0.6) is 0 Å². The zero-order valence-electron chi connectivity index (χ0n) is 10.1. The van der Waals surface area contributed by atoms with Crippen molar-refractivity contribution in [2.75, 3.05) is 6.26 Å². The summed E-state index contributed by atoms with van der Waals surface area (Å²) in [7, 11) is -3.78. The quantitative estimate of drug-likeness (QED) is 0.592. The maximum atomic E-state index is 11.6. The number of para-hydroxylation sites is 1. The van der Waals surface area contributed by atoms with E-state index in [-0.39, 0.29) is 11.5 Å². The van der Waals surface area contributed by atoms with Gasteiger partial charge in [0.15, 0.2) is 9.84 Å². The molecule has 1 aromatic heterocycles. The van der Waals surface area contributed by atoms with Crippen LogP contribution in [-0.2, 0) is 9.84 Å². The van der Waals surface area contributed by atoms with Crippen LogP contribution < -0.4 is 0 Å². The molecule has 1 heterocycles. The summed E-state index contributed by atoms with van der Waals surface area (Å²) in [5.41, 5.74) is -0.684. The van der Waals surface area contributed by atoms with Crippen LogP contribution in [0.2, 0.25) is 0 Å². The second-order valence-corrected chi connectivity index (χ2v) is 5.76. The van der Waals surface area contributed by atoms with Gasteiger partial charge in [-0.1, -0.05) is 6.07 Å². The summed E-state index contributed by atoms with van der Waals surface area (Å²) < 4.78 is 24.2. The van der Waals surface area contributed by atoms with Gasteiger partial charge in [-0.3, -0.25) is 10.1 Å². The number of nitriles is 1. The van der Waals surface area contributed by atoms with Crippen molar-refractivity contribution >= 4 is 15.5 Å². The van der Waals surface area contributed by atoms with Crippen LogP contribution in [0.4, 0.5) is 5.69 Å². The fraction of sp³-hybridized carbons (Fsp3) is 0.100. The van der Waals surface area contributed by atoms with Crippen molar-refractivity contribution in [1.29, 1.82) is 5.26 Å². The second kappa shape index (κ2) is 4.71. The number of nitro benzene ring substituents is 1. The van der Waals surface area contributed by atoms with Gasteiger partial charge in [0.1, 0.15) is 23.0 Å². The zero-order chi connectivity index (χ0) is 14.9. The fourth-order valence-electron chi connectivity index (χ4n) is 1.61. The minimum Gasteiger partial charge on any atom is -0.258 e. The smallest absolute Gasteiger partial charge is 0.258 e. The van der Waals surface area contributed by atoms with Crippen molar-refractivity contribution in [3.63, 3.8) is 0 Å². The standard InChI is InChI=1S/C10H7N5O4S/c1-20(18,19)8-4-2-3-7(10(8)15(16)17)14-6-12-9(5-11)13-14/h2-4,6H,1H3. The minimum absolute atomic E-state index is 0.0769. The highest BCUT2D eigenvalue weighted by Gasteiger charge is 2.27. The molecule has 0 saturated heterocycles. The summed E-state index contributed by atoms with van der Waals surface area (Å²) in [6, 6.07) is 5.49. The molecule has 20 heavy (non-hydrogen) atoms. The Morgan fingerprint density at radius 3 is 2.65 bits per heavy atom. The van der Waals surface area contributed by atoms with Crippen LogP contribution in [0.15, 0.2) is 29.4 Å². The van der Waals surface area contributed by atoms with Crippen molar-refractivity contribution in [2.45, 2.75) is 4.90 Å². The van der Waals surface area contributed by atoms with Gasteiger partial charge in [0, 0.05) is 6.26 Å². The van der Waals surface area contributed by atoms with Gasteiger partial charge in [-0.05, 0) is 12.1 Å². The Balaban J connectivity index is 2.78. The van der Waals surface area contributed by atoms with E-state index in [9.17, 15) is 18.5 Å². The van der Waals surface area contributed by atoms with E-state index in [1.807, 2.05) is 0 Å². The first-order valence-corrected chi connectivity index (χ1v) is 7.03. The molecule has 1 aromatic carbocycles. The molecule has 0 unspecified atom stereocenters. The van der Waals surface area contributed by atoms with Crippen LogP contribution in [0.1, 0.15) is 5.82 Å². The van der Waals surface area contributed by atoms with Crippen molar-refractivity contribution in [3.05, 3.63) is 40.5 Å². The van der Waals surface area contributed by atoms with E-state index in [1.165, 1.54) is 12.1 Å². The molecule has 0 fully saturated rings. The molecule has 0 atom stereocenters. The highest BCUT2D eigenvalue weighted by Crippen LogP contribution is 2.30. The Labute approximate surface area is 113 Å². The first-order chi connectivity index (χ1) is 9.34. The number of hydrogen-bond acceptors (Lipinski definition) is 7. The van der Waals surface area contributed by atoms with Gasteiger partial charge >= 0.3 is 5.69 Å². The maximum Gasteiger partial charge on any atom is 0.313 e. The number of benzene rings is 1. The number of nitro groups is 1. The lowest BCUT2D eigenvalue weighted by Crippen LogP contribution is -2.07. The molecule has 0 aliphatic rings. The molecule has 0 aliphatic carbocycles. The Kier molecular flexibility index (Phi) is 3.21. The van der Waals surface area contributed by atoms with Crippen LogP contribution in [0.3, 0.4) is 0 Å². The lowest BCUT2D eigenvalue weighted by atomic mass is 10.2. The van der Waals surface area contributed by atoms with Crippen molar-refractivity contribution in [3.8, 4) is 11.8 Å². The largest absolute Gasteiger partial charge is 0.313 e. The van der Waals surface area contributed by atoms with E-state index in [0.29, 0.717) is 0 Å². The lowest BCUT2D eigenvalue weighted by molar-refractivity contribution is -0.387. The summed E-state index contributed by atoms with van der Waals surface area (Å²) in [5, 5.41) is 23.5. The SMILES string of the molecule is CS(=O)(=O)c1cccc(-n2cnc(C#N)n2)c1[N+](=O)[O-]. The molecule has 0 spiro atoms. The second-order valence-electron chi connectivity index (χ2n) is 3.78. The van der Waals surface area contributed by atoms with Crippen LogP contribution >= 0.6 is 0 Å². The topological polar surface area (TPSA) is 132 Å². The predicted molar refractivity (Wildman–Crippen MR) is 65.8 cm³/mol. The first-order valence-electron chi connectivity index (χ1n) is 5.14. The van der Waals surface area contributed by atoms with E-state index >= 15 is 0 Å². The van der Waals surface area contributed by atoms with Crippen molar-refractivity contribution < 1.29 is 13.3 Å². The van der Waals surface area contributed by atoms with E-state index in [4.69, 9.17) is 5.26 Å². The lowest BCUT2D eigenvalue weighted by Gasteiger charge is -2.05. The van der Waals surface area contributed by atoms with Crippen LogP contribution in [0.25, 0.3) is 5.69 Å². The molecule has 0 aliphatic heterocycles. The van der Waals surface area contributed by atoms with E-state index in [2.05, 4.69) is 10.1 Å². The summed E-state index contributed by atoms with van der Waals surface area (Å²) in [6.45, 7) is 0. The Morgan fingerprint density at radius 1 is 1.45 bits per heavy atom. The number of nitrogens with zero attached hydrogens (tertiary/aromatic N) is 5. The summed E-state index contributed by atoms with van der Waals surface area (Å²) in [5.74, 6) is -0.177. The van der Waals surface area contributed by atoms with E-state index in [0.717, 1.165) is 23.3 Å². The van der Waals surface area contributed by atoms with Gasteiger partial charge < -0.3 is 0 Å². The molecule has 2 aromatic rings.